The fraction of sp³-hybridized carbons (Fsp3) is 0.250. The van der Waals surface area contributed by atoms with Crippen molar-refractivity contribution in [1.82, 2.24) is 5.32 Å². The zero-order valence-electron chi connectivity index (χ0n) is 15.1. The highest BCUT2D eigenvalue weighted by atomic mass is 19.1. The van der Waals surface area contributed by atoms with Crippen LogP contribution in [0.25, 0.3) is 0 Å². The number of esters is 1. The molecule has 0 radical (unpaired) electrons. The molecule has 0 saturated carbocycles. The molecule has 0 fully saturated rings. The van der Waals surface area contributed by atoms with Crippen LogP contribution < -0.4 is 10.6 Å². The molecule has 27 heavy (non-hydrogen) atoms. The van der Waals surface area contributed by atoms with Gasteiger partial charge in [-0.25, -0.2) is 4.39 Å². The Morgan fingerprint density at radius 1 is 1.07 bits per heavy atom. The molecule has 2 N–H and O–H groups in total. The second-order valence-electron chi connectivity index (χ2n) is 5.83. The SMILES string of the molecule is CCc1ccc(NC(=O)[C@H](C)OC(=O)CNC(=O)c2ccccc2F)cc1. The maximum atomic E-state index is 13.5. The highest BCUT2D eigenvalue weighted by Crippen LogP contribution is 2.11. The van der Waals surface area contributed by atoms with E-state index in [1.807, 2.05) is 19.1 Å². The summed E-state index contributed by atoms with van der Waals surface area (Å²) in [6, 6.07) is 12.7. The molecule has 0 heterocycles. The van der Waals surface area contributed by atoms with Gasteiger partial charge in [0.05, 0.1) is 5.56 Å². The molecular formula is C20H21FN2O4. The molecule has 0 aliphatic rings. The van der Waals surface area contributed by atoms with Gasteiger partial charge in [0.2, 0.25) is 0 Å². The maximum Gasteiger partial charge on any atom is 0.326 e. The first-order chi connectivity index (χ1) is 12.9. The Bertz CT molecular complexity index is 821. The van der Waals surface area contributed by atoms with Gasteiger partial charge >= 0.3 is 5.97 Å². The maximum absolute atomic E-state index is 13.5. The van der Waals surface area contributed by atoms with Crippen LogP contribution in [0.5, 0.6) is 0 Å². The van der Waals surface area contributed by atoms with E-state index in [1.165, 1.54) is 25.1 Å². The van der Waals surface area contributed by atoms with Gasteiger partial charge in [0, 0.05) is 5.69 Å². The van der Waals surface area contributed by atoms with Crippen molar-refractivity contribution in [3.8, 4) is 0 Å². The molecule has 7 heteroatoms. The van der Waals surface area contributed by atoms with Gasteiger partial charge in [-0.05, 0) is 43.2 Å². The first kappa shape index (κ1) is 20.1. The molecular weight excluding hydrogens is 351 g/mol. The number of benzene rings is 2. The molecule has 2 aromatic rings. The lowest BCUT2D eigenvalue weighted by molar-refractivity contribution is -0.152. The van der Waals surface area contributed by atoms with E-state index in [1.54, 1.807) is 12.1 Å². The number of carbonyl (C=O) groups excluding carboxylic acids is 3. The van der Waals surface area contributed by atoms with Crippen molar-refractivity contribution in [3.63, 3.8) is 0 Å². The van der Waals surface area contributed by atoms with Gasteiger partial charge in [-0.3, -0.25) is 14.4 Å². The lowest BCUT2D eigenvalue weighted by Gasteiger charge is -2.14. The monoisotopic (exact) mass is 372 g/mol. The largest absolute Gasteiger partial charge is 0.451 e. The van der Waals surface area contributed by atoms with E-state index in [2.05, 4.69) is 10.6 Å². The van der Waals surface area contributed by atoms with E-state index in [-0.39, 0.29) is 5.56 Å². The van der Waals surface area contributed by atoms with Crippen LogP contribution in [0, 0.1) is 5.82 Å². The predicted octanol–water partition coefficient (Wildman–Crippen LogP) is 2.69. The molecule has 2 rings (SSSR count). The van der Waals surface area contributed by atoms with Crippen LogP contribution in [0.2, 0.25) is 0 Å². The van der Waals surface area contributed by atoms with Crippen molar-refractivity contribution in [2.24, 2.45) is 0 Å². The minimum absolute atomic E-state index is 0.174. The lowest BCUT2D eigenvalue weighted by Crippen LogP contribution is -2.36. The van der Waals surface area contributed by atoms with Crippen LogP contribution >= 0.6 is 0 Å². The first-order valence-electron chi connectivity index (χ1n) is 8.52. The number of amides is 2. The molecule has 2 amide bonds. The van der Waals surface area contributed by atoms with Gasteiger partial charge in [0.1, 0.15) is 12.4 Å². The zero-order valence-corrected chi connectivity index (χ0v) is 15.1. The van der Waals surface area contributed by atoms with Crippen molar-refractivity contribution in [2.45, 2.75) is 26.4 Å². The van der Waals surface area contributed by atoms with Gasteiger partial charge in [-0.2, -0.15) is 0 Å². The summed E-state index contributed by atoms with van der Waals surface area (Å²) in [5.41, 5.74) is 1.55. The lowest BCUT2D eigenvalue weighted by atomic mass is 10.1. The molecule has 1 atom stereocenters. The molecule has 0 spiro atoms. The molecule has 0 bridgehead atoms. The van der Waals surface area contributed by atoms with Gasteiger partial charge in [0.25, 0.3) is 11.8 Å². The summed E-state index contributed by atoms with van der Waals surface area (Å²) in [4.78, 5) is 35.7. The molecule has 0 aliphatic carbocycles. The van der Waals surface area contributed by atoms with E-state index in [4.69, 9.17) is 4.74 Å². The van der Waals surface area contributed by atoms with E-state index < -0.39 is 36.2 Å². The smallest absolute Gasteiger partial charge is 0.326 e. The number of ether oxygens (including phenoxy) is 1. The van der Waals surface area contributed by atoms with Gasteiger partial charge in [-0.1, -0.05) is 31.2 Å². The van der Waals surface area contributed by atoms with E-state index in [0.29, 0.717) is 5.69 Å². The summed E-state index contributed by atoms with van der Waals surface area (Å²) in [5.74, 6) is -2.72. The number of carbonyl (C=O) groups is 3. The third-order valence-electron chi connectivity index (χ3n) is 3.82. The molecule has 0 saturated heterocycles. The predicted molar refractivity (Wildman–Crippen MR) is 98.7 cm³/mol. The van der Waals surface area contributed by atoms with Crippen molar-refractivity contribution < 1.29 is 23.5 Å². The van der Waals surface area contributed by atoms with E-state index in [0.717, 1.165) is 18.1 Å². The van der Waals surface area contributed by atoms with Crippen molar-refractivity contribution in [3.05, 3.63) is 65.5 Å². The number of halogens is 1. The first-order valence-corrected chi connectivity index (χ1v) is 8.52. The average molecular weight is 372 g/mol. The Balaban J connectivity index is 1.81. The van der Waals surface area contributed by atoms with Crippen LogP contribution in [0.4, 0.5) is 10.1 Å². The van der Waals surface area contributed by atoms with E-state index >= 15 is 0 Å². The van der Waals surface area contributed by atoms with Crippen molar-refractivity contribution in [2.75, 3.05) is 11.9 Å². The molecule has 0 unspecified atom stereocenters. The van der Waals surface area contributed by atoms with E-state index in [9.17, 15) is 18.8 Å². The summed E-state index contributed by atoms with van der Waals surface area (Å²) in [7, 11) is 0. The Morgan fingerprint density at radius 2 is 1.74 bits per heavy atom. The van der Waals surface area contributed by atoms with Crippen LogP contribution in [0.3, 0.4) is 0 Å². The number of aryl methyl sites for hydroxylation is 1. The third kappa shape index (κ3) is 5.91. The third-order valence-corrected chi connectivity index (χ3v) is 3.82. The number of hydrogen-bond acceptors (Lipinski definition) is 4. The second-order valence-corrected chi connectivity index (χ2v) is 5.83. The highest BCUT2D eigenvalue weighted by Gasteiger charge is 2.19. The van der Waals surface area contributed by atoms with Crippen LogP contribution in [-0.4, -0.2) is 30.4 Å². The minimum atomic E-state index is -1.05. The van der Waals surface area contributed by atoms with Crippen LogP contribution in [0.15, 0.2) is 48.5 Å². The molecule has 6 nitrogen and oxygen atoms in total. The topological polar surface area (TPSA) is 84.5 Å². The summed E-state index contributed by atoms with van der Waals surface area (Å²) in [5, 5.41) is 4.90. The van der Waals surface area contributed by atoms with Gasteiger partial charge in [0.15, 0.2) is 6.10 Å². The van der Waals surface area contributed by atoms with Crippen LogP contribution in [-0.2, 0) is 20.7 Å². The molecule has 0 aliphatic heterocycles. The Hall–Kier alpha value is -3.22. The van der Waals surface area contributed by atoms with Crippen molar-refractivity contribution in [1.29, 1.82) is 0 Å². The Morgan fingerprint density at radius 3 is 2.37 bits per heavy atom. The van der Waals surface area contributed by atoms with Gasteiger partial charge < -0.3 is 15.4 Å². The van der Waals surface area contributed by atoms with Gasteiger partial charge in [-0.15, -0.1) is 0 Å². The number of nitrogens with one attached hydrogen (secondary N) is 2. The Kier molecular flexibility index (Phi) is 7.05. The zero-order chi connectivity index (χ0) is 19.8. The molecule has 2 aromatic carbocycles. The second kappa shape index (κ2) is 9.47. The molecule has 142 valence electrons. The van der Waals surface area contributed by atoms with Crippen molar-refractivity contribution >= 4 is 23.5 Å². The number of rotatable bonds is 7. The Labute approximate surface area is 156 Å². The van der Waals surface area contributed by atoms with Crippen LogP contribution in [0.1, 0.15) is 29.8 Å². The quantitative estimate of drug-likeness (QED) is 0.732. The summed E-state index contributed by atoms with van der Waals surface area (Å²) in [6.45, 7) is 2.97. The number of anilines is 1. The fourth-order valence-corrected chi connectivity index (χ4v) is 2.25. The average Bonchev–Trinajstić information content (AvgIpc) is 2.67. The highest BCUT2D eigenvalue weighted by molar-refractivity contribution is 5.97. The standard InChI is InChI=1S/C20H21FN2O4/c1-3-14-8-10-15(11-9-14)23-19(25)13(2)27-18(24)12-22-20(26)16-6-4-5-7-17(16)21/h4-11,13H,3,12H2,1-2H3,(H,22,26)(H,23,25)/t13-/m0/s1. The summed E-state index contributed by atoms with van der Waals surface area (Å²) < 4.78 is 18.5. The summed E-state index contributed by atoms with van der Waals surface area (Å²) in [6.07, 6.45) is -0.158. The fourth-order valence-electron chi connectivity index (χ4n) is 2.25. The summed E-state index contributed by atoms with van der Waals surface area (Å²) >= 11 is 0. The normalized spacial score (nSPS) is 11.4. The molecule has 0 aromatic heterocycles. The number of hydrogen-bond donors (Lipinski definition) is 2. The minimum Gasteiger partial charge on any atom is -0.451 e.